The highest BCUT2D eigenvalue weighted by Gasteiger charge is 2.16. The highest BCUT2D eigenvalue weighted by Crippen LogP contribution is 2.17. The zero-order valence-electron chi connectivity index (χ0n) is 13.1. The number of rotatable bonds is 6. The molecule has 0 aliphatic carbocycles. The molecule has 23 heavy (non-hydrogen) atoms. The van der Waals surface area contributed by atoms with E-state index in [0.717, 1.165) is 11.1 Å². The van der Waals surface area contributed by atoms with E-state index in [1.54, 1.807) is 24.3 Å². The van der Waals surface area contributed by atoms with Gasteiger partial charge in [-0.2, -0.15) is 0 Å². The van der Waals surface area contributed by atoms with Crippen LogP contribution in [0.4, 0.5) is 0 Å². The van der Waals surface area contributed by atoms with Gasteiger partial charge >= 0.3 is 5.97 Å². The molecule has 0 saturated carbocycles. The molecule has 2 aromatic carbocycles. The molecule has 0 heterocycles. The Morgan fingerprint density at radius 2 is 1.87 bits per heavy atom. The maximum Gasteiger partial charge on any atom is 0.339 e. The lowest BCUT2D eigenvalue weighted by molar-refractivity contribution is -0.125. The minimum Gasteiger partial charge on any atom is -0.489 e. The Morgan fingerprint density at radius 3 is 2.57 bits per heavy atom. The van der Waals surface area contributed by atoms with Crippen LogP contribution in [-0.4, -0.2) is 18.0 Å². The van der Waals surface area contributed by atoms with E-state index in [0.29, 0.717) is 17.9 Å². The van der Waals surface area contributed by atoms with Crippen molar-refractivity contribution in [2.24, 2.45) is 5.73 Å². The zero-order chi connectivity index (χ0) is 16.8. The normalized spacial score (nSPS) is 11.6. The van der Waals surface area contributed by atoms with Crippen LogP contribution in [-0.2, 0) is 16.1 Å². The molecule has 0 aliphatic heterocycles. The summed E-state index contributed by atoms with van der Waals surface area (Å²) >= 11 is 0. The van der Waals surface area contributed by atoms with Crippen LogP contribution in [0.25, 0.3) is 0 Å². The molecule has 120 valence electrons. The minimum atomic E-state index is -0.973. The van der Waals surface area contributed by atoms with Crippen LogP contribution in [0.5, 0.6) is 5.75 Å². The summed E-state index contributed by atoms with van der Waals surface area (Å²) in [6.45, 7) is 3.84. The Bertz CT molecular complexity index is 712. The third-order valence-electron chi connectivity index (χ3n) is 3.24. The van der Waals surface area contributed by atoms with E-state index in [9.17, 15) is 9.59 Å². The van der Waals surface area contributed by atoms with Gasteiger partial charge < -0.3 is 15.2 Å². The SMILES string of the molecule is Cc1cccc(COc2cccc(C(=O)OC(C)C(N)=O)c2)c1. The van der Waals surface area contributed by atoms with Gasteiger partial charge in [-0.05, 0) is 37.6 Å². The first-order valence-corrected chi connectivity index (χ1v) is 7.24. The highest BCUT2D eigenvalue weighted by molar-refractivity contribution is 5.92. The number of benzene rings is 2. The third-order valence-corrected chi connectivity index (χ3v) is 3.24. The lowest BCUT2D eigenvalue weighted by atomic mass is 10.1. The smallest absolute Gasteiger partial charge is 0.339 e. The fourth-order valence-electron chi connectivity index (χ4n) is 1.97. The first-order chi connectivity index (χ1) is 11.0. The van der Waals surface area contributed by atoms with Gasteiger partial charge in [0.2, 0.25) is 0 Å². The van der Waals surface area contributed by atoms with E-state index in [1.165, 1.54) is 6.92 Å². The summed E-state index contributed by atoms with van der Waals surface area (Å²) in [5.74, 6) is -0.754. The lowest BCUT2D eigenvalue weighted by Crippen LogP contribution is -2.30. The molecule has 0 bridgehead atoms. The summed E-state index contributed by atoms with van der Waals surface area (Å²) in [5.41, 5.74) is 7.58. The van der Waals surface area contributed by atoms with Gasteiger partial charge in [-0.3, -0.25) is 4.79 Å². The summed E-state index contributed by atoms with van der Waals surface area (Å²) in [4.78, 5) is 22.9. The monoisotopic (exact) mass is 313 g/mol. The molecule has 1 amide bonds. The van der Waals surface area contributed by atoms with E-state index in [1.807, 2.05) is 31.2 Å². The molecule has 0 aromatic heterocycles. The summed E-state index contributed by atoms with van der Waals surface area (Å²) in [6.07, 6.45) is -0.973. The van der Waals surface area contributed by atoms with Gasteiger partial charge in [0, 0.05) is 0 Å². The summed E-state index contributed by atoms with van der Waals surface area (Å²) in [5, 5.41) is 0. The number of amides is 1. The van der Waals surface area contributed by atoms with Crippen LogP contribution in [0.1, 0.15) is 28.4 Å². The van der Waals surface area contributed by atoms with Gasteiger partial charge in [-0.1, -0.05) is 35.9 Å². The Morgan fingerprint density at radius 1 is 1.13 bits per heavy atom. The maximum absolute atomic E-state index is 11.9. The van der Waals surface area contributed by atoms with E-state index < -0.39 is 18.0 Å². The van der Waals surface area contributed by atoms with Crippen molar-refractivity contribution < 1.29 is 19.1 Å². The topological polar surface area (TPSA) is 78.6 Å². The predicted molar refractivity (Wildman–Crippen MR) is 86.0 cm³/mol. The second kappa shape index (κ2) is 7.45. The molecular formula is C18H19NO4. The number of primary amides is 1. The van der Waals surface area contributed by atoms with Crippen molar-refractivity contribution in [1.82, 2.24) is 0 Å². The van der Waals surface area contributed by atoms with Crippen LogP contribution < -0.4 is 10.5 Å². The largest absolute Gasteiger partial charge is 0.489 e. The molecule has 5 heteroatoms. The van der Waals surface area contributed by atoms with E-state index in [-0.39, 0.29) is 0 Å². The average Bonchev–Trinajstić information content (AvgIpc) is 2.53. The van der Waals surface area contributed by atoms with E-state index >= 15 is 0 Å². The fourth-order valence-corrected chi connectivity index (χ4v) is 1.97. The first-order valence-electron chi connectivity index (χ1n) is 7.24. The van der Waals surface area contributed by atoms with Crippen molar-refractivity contribution in [3.63, 3.8) is 0 Å². The van der Waals surface area contributed by atoms with Gasteiger partial charge in [0.15, 0.2) is 6.10 Å². The number of carbonyl (C=O) groups excluding carboxylic acids is 2. The van der Waals surface area contributed by atoms with Gasteiger partial charge in [-0.25, -0.2) is 4.79 Å². The van der Waals surface area contributed by atoms with Crippen molar-refractivity contribution in [1.29, 1.82) is 0 Å². The highest BCUT2D eigenvalue weighted by atomic mass is 16.5. The van der Waals surface area contributed by atoms with E-state index in [2.05, 4.69) is 0 Å². The second-order valence-corrected chi connectivity index (χ2v) is 5.26. The van der Waals surface area contributed by atoms with Crippen molar-refractivity contribution in [3.05, 3.63) is 65.2 Å². The molecule has 2 N–H and O–H groups in total. The Labute approximate surface area is 135 Å². The van der Waals surface area contributed by atoms with Gasteiger partial charge in [-0.15, -0.1) is 0 Å². The van der Waals surface area contributed by atoms with Crippen molar-refractivity contribution in [2.75, 3.05) is 0 Å². The van der Waals surface area contributed by atoms with Gasteiger partial charge in [0.1, 0.15) is 12.4 Å². The first kappa shape index (κ1) is 16.5. The molecule has 2 rings (SSSR count). The number of aryl methyl sites for hydroxylation is 1. The minimum absolute atomic E-state index is 0.305. The second-order valence-electron chi connectivity index (χ2n) is 5.26. The Kier molecular flexibility index (Phi) is 5.36. The van der Waals surface area contributed by atoms with Crippen LogP contribution in [0, 0.1) is 6.92 Å². The number of carbonyl (C=O) groups is 2. The summed E-state index contributed by atoms with van der Waals surface area (Å²) < 4.78 is 10.7. The molecule has 1 atom stereocenters. The van der Waals surface area contributed by atoms with Crippen molar-refractivity contribution in [3.8, 4) is 5.75 Å². The predicted octanol–water partition coefficient (Wildman–Crippen LogP) is 2.60. The Hall–Kier alpha value is -2.82. The van der Waals surface area contributed by atoms with E-state index in [4.69, 9.17) is 15.2 Å². The number of ether oxygens (including phenoxy) is 2. The molecule has 0 aliphatic rings. The zero-order valence-corrected chi connectivity index (χ0v) is 13.1. The van der Waals surface area contributed by atoms with Crippen LogP contribution in [0.15, 0.2) is 48.5 Å². The quantitative estimate of drug-likeness (QED) is 0.831. The van der Waals surface area contributed by atoms with Crippen LogP contribution in [0.2, 0.25) is 0 Å². The van der Waals surface area contributed by atoms with Gasteiger partial charge in [0.05, 0.1) is 5.56 Å². The molecular weight excluding hydrogens is 294 g/mol. The summed E-state index contributed by atoms with van der Waals surface area (Å²) in [7, 11) is 0. The van der Waals surface area contributed by atoms with Gasteiger partial charge in [0.25, 0.3) is 5.91 Å². The Balaban J connectivity index is 2.02. The average molecular weight is 313 g/mol. The number of hydrogen-bond donors (Lipinski definition) is 1. The van der Waals surface area contributed by atoms with Crippen molar-refractivity contribution >= 4 is 11.9 Å². The molecule has 0 fully saturated rings. The molecule has 5 nitrogen and oxygen atoms in total. The third kappa shape index (κ3) is 4.85. The number of esters is 1. The van der Waals surface area contributed by atoms with Crippen molar-refractivity contribution in [2.45, 2.75) is 26.6 Å². The fraction of sp³-hybridized carbons (Fsp3) is 0.222. The molecule has 1 unspecified atom stereocenters. The molecule has 0 radical (unpaired) electrons. The molecule has 0 saturated heterocycles. The number of hydrogen-bond acceptors (Lipinski definition) is 4. The molecule has 0 spiro atoms. The maximum atomic E-state index is 11.9. The summed E-state index contributed by atoms with van der Waals surface area (Å²) in [6, 6.07) is 14.6. The van der Waals surface area contributed by atoms with Crippen LogP contribution >= 0.6 is 0 Å². The standard InChI is InChI=1S/C18H19NO4/c1-12-5-3-6-14(9-12)11-22-16-8-4-7-15(10-16)18(21)23-13(2)17(19)20/h3-10,13H,11H2,1-2H3,(H2,19,20). The molecule has 2 aromatic rings. The number of nitrogens with two attached hydrogens (primary N) is 1. The lowest BCUT2D eigenvalue weighted by Gasteiger charge is -2.11. The van der Waals surface area contributed by atoms with Crippen LogP contribution in [0.3, 0.4) is 0 Å².